The lowest BCUT2D eigenvalue weighted by atomic mass is 9.65. The van der Waals surface area contributed by atoms with Crippen LogP contribution in [0.2, 0.25) is 0 Å². The smallest absolute Gasteiger partial charge is 0.317 e. The molecule has 192 valence electrons. The number of urea groups is 1. The van der Waals surface area contributed by atoms with E-state index >= 15 is 0 Å². The number of benzene rings is 2. The van der Waals surface area contributed by atoms with Crippen molar-refractivity contribution in [1.82, 2.24) is 15.1 Å². The first-order chi connectivity index (χ1) is 17.1. The van der Waals surface area contributed by atoms with E-state index in [0.717, 1.165) is 36.3 Å². The van der Waals surface area contributed by atoms with Crippen molar-refractivity contribution in [3.8, 4) is 11.5 Å². The van der Waals surface area contributed by atoms with Gasteiger partial charge in [0, 0.05) is 31.7 Å². The molecule has 2 bridgehead atoms. The molecular weight excluding hydrogens is 454 g/mol. The van der Waals surface area contributed by atoms with Gasteiger partial charge in [0.05, 0.1) is 6.54 Å². The average Bonchev–Trinajstić information content (AvgIpc) is 3.10. The largest absolute Gasteiger partial charge is 0.486 e. The number of ether oxygens (including phenoxy) is 2. The molecule has 0 aromatic heterocycles. The molecule has 2 heterocycles. The SMILES string of the molecule is CN(Cc1ccc(C(=O)N2CC3(C)CC2CC(C)(C)C3)cc1)C(=O)NCC1COc2ccccc2O1. The average molecular weight is 492 g/mol. The number of fused-ring (bicyclic) bond motifs is 3. The van der Waals surface area contributed by atoms with Gasteiger partial charge in [0.15, 0.2) is 17.6 Å². The number of hydrogen-bond donors (Lipinski definition) is 1. The Kier molecular flexibility index (Phi) is 6.35. The molecule has 7 nitrogen and oxygen atoms in total. The molecule has 1 N–H and O–H groups in total. The Hall–Kier alpha value is -3.22. The fourth-order valence-electron chi connectivity index (χ4n) is 6.46. The van der Waals surface area contributed by atoms with Crippen molar-refractivity contribution in [2.24, 2.45) is 10.8 Å². The van der Waals surface area contributed by atoms with Crippen LogP contribution in [0.5, 0.6) is 11.5 Å². The van der Waals surface area contributed by atoms with Crippen LogP contribution in [-0.2, 0) is 6.54 Å². The number of amides is 3. The van der Waals surface area contributed by atoms with Gasteiger partial charge in [-0.2, -0.15) is 0 Å². The van der Waals surface area contributed by atoms with E-state index in [1.807, 2.05) is 48.5 Å². The topological polar surface area (TPSA) is 71.1 Å². The summed E-state index contributed by atoms with van der Waals surface area (Å²) in [6.45, 7) is 9.01. The molecule has 2 aliphatic heterocycles. The molecule has 3 aliphatic rings. The van der Waals surface area contributed by atoms with Crippen molar-refractivity contribution in [2.45, 2.75) is 58.7 Å². The van der Waals surface area contributed by atoms with E-state index in [0.29, 0.717) is 31.5 Å². The summed E-state index contributed by atoms with van der Waals surface area (Å²) in [5, 5.41) is 2.92. The molecule has 2 aromatic carbocycles. The zero-order chi connectivity index (χ0) is 25.5. The van der Waals surface area contributed by atoms with Gasteiger partial charge in [-0.15, -0.1) is 0 Å². The van der Waals surface area contributed by atoms with Gasteiger partial charge in [-0.05, 0) is 59.9 Å². The van der Waals surface area contributed by atoms with Gasteiger partial charge in [0.25, 0.3) is 5.91 Å². The van der Waals surface area contributed by atoms with E-state index in [1.54, 1.807) is 11.9 Å². The third-order valence-corrected chi connectivity index (χ3v) is 7.69. The molecule has 7 heteroatoms. The molecule has 0 radical (unpaired) electrons. The van der Waals surface area contributed by atoms with Crippen LogP contribution in [0.1, 0.15) is 56.0 Å². The predicted octanol–water partition coefficient (Wildman–Crippen LogP) is 4.71. The van der Waals surface area contributed by atoms with Crippen molar-refractivity contribution < 1.29 is 19.1 Å². The Morgan fingerprint density at radius 1 is 1.06 bits per heavy atom. The van der Waals surface area contributed by atoms with Crippen LogP contribution in [0.15, 0.2) is 48.5 Å². The summed E-state index contributed by atoms with van der Waals surface area (Å²) < 4.78 is 11.6. The monoisotopic (exact) mass is 491 g/mol. The van der Waals surface area contributed by atoms with E-state index < -0.39 is 0 Å². The number of hydrogen-bond acceptors (Lipinski definition) is 4. The van der Waals surface area contributed by atoms with Crippen molar-refractivity contribution >= 4 is 11.9 Å². The Morgan fingerprint density at radius 2 is 1.78 bits per heavy atom. The molecule has 1 saturated heterocycles. The van der Waals surface area contributed by atoms with Crippen LogP contribution in [0, 0.1) is 10.8 Å². The Bertz CT molecular complexity index is 1130. The molecule has 1 aliphatic carbocycles. The molecular formula is C29H37N3O4. The van der Waals surface area contributed by atoms with E-state index in [2.05, 4.69) is 31.0 Å². The fourth-order valence-corrected chi connectivity index (χ4v) is 6.46. The minimum absolute atomic E-state index is 0.121. The molecule has 2 fully saturated rings. The Morgan fingerprint density at radius 3 is 2.53 bits per heavy atom. The summed E-state index contributed by atoms with van der Waals surface area (Å²) in [7, 11) is 1.76. The number of nitrogens with one attached hydrogen (secondary N) is 1. The van der Waals surface area contributed by atoms with E-state index in [9.17, 15) is 9.59 Å². The van der Waals surface area contributed by atoms with Gasteiger partial charge < -0.3 is 24.6 Å². The van der Waals surface area contributed by atoms with Crippen molar-refractivity contribution in [3.05, 3.63) is 59.7 Å². The minimum Gasteiger partial charge on any atom is -0.486 e. The number of carbonyl (C=O) groups is 2. The zero-order valence-electron chi connectivity index (χ0n) is 21.8. The van der Waals surface area contributed by atoms with Crippen LogP contribution in [0.4, 0.5) is 4.79 Å². The Balaban J connectivity index is 1.13. The van der Waals surface area contributed by atoms with Crippen molar-refractivity contribution in [1.29, 1.82) is 0 Å². The molecule has 36 heavy (non-hydrogen) atoms. The van der Waals surface area contributed by atoms with Crippen LogP contribution < -0.4 is 14.8 Å². The van der Waals surface area contributed by atoms with Gasteiger partial charge in [-0.1, -0.05) is 45.0 Å². The van der Waals surface area contributed by atoms with E-state index in [-0.39, 0.29) is 28.9 Å². The minimum atomic E-state index is -0.236. The molecule has 0 spiro atoms. The van der Waals surface area contributed by atoms with Crippen molar-refractivity contribution in [2.75, 3.05) is 26.7 Å². The summed E-state index contributed by atoms with van der Waals surface area (Å²) in [4.78, 5) is 29.7. The number of carbonyl (C=O) groups excluding carboxylic acids is 2. The Labute approximate surface area is 213 Å². The first-order valence-corrected chi connectivity index (χ1v) is 12.9. The maximum absolute atomic E-state index is 13.3. The summed E-state index contributed by atoms with van der Waals surface area (Å²) in [6, 6.07) is 15.3. The van der Waals surface area contributed by atoms with Crippen LogP contribution in [-0.4, -0.2) is 60.6 Å². The lowest BCUT2D eigenvalue weighted by Crippen LogP contribution is -2.44. The molecule has 3 atom stereocenters. The molecule has 2 aromatic rings. The van der Waals surface area contributed by atoms with Gasteiger partial charge in [0.1, 0.15) is 6.61 Å². The molecule has 3 unspecified atom stereocenters. The maximum atomic E-state index is 13.3. The molecule has 3 amide bonds. The number of para-hydroxylation sites is 2. The highest BCUT2D eigenvalue weighted by Gasteiger charge is 2.51. The second kappa shape index (κ2) is 9.34. The van der Waals surface area contributed by atoms with Crippen molar-refractivity contribution in [3.63, 3.8) is 0 Å². The summed E-state index contributed by atoms with van der Waals surface area (Å²) >= 11 is 0. The highest BCUT2D eigenvalue weighted by molar-refractivity contribution is 5.94. The third kappa shape index (κ3) is 5.15. The van der Waals surface area contributed by atoms with Crippen LogP contribution >= 0.6 is 0 Å². The van der Waals surface area contributed by atoms with Crippen LogP contribution in [0.25, 0.3) is 0 Å². The second-order valence-electron chi connectivity index (χ2n) is 11.9. The first kappa shape index (κ1) is 24.5. The standard InChI is InChI=1S/C29H37N3O4/c1-28(2)13-22-14-29(3,18-28)19-32(22)26(33)21-11-9-20(10-12-21)16-31(4)27(34)30-15-23-17-35-24-7-5-6-8-25(24)36-23/h5-12,22-23H,13-19H2,1-4H3,(H,30,34). The highest BCUT2D eigenvalue weighted by Crippen LogP contribution is 2.52. The number of rotatable bonds is 5. The van der Waals surface area contributed by atoms with Gasteiger partial charge in [-0.25, -0.2) is 4.79 Å². The highest BCUT2D eigenvalue weighted by atomic mass is 16.6. The fraction of sp³-hybridized carbons (Fsp3) is 0.517. The predicted molar refractivity (Wildman–Crippen MR) is 138 cm³/mol. The van der Waals surface area contributed by atoms with Gasteiger partial charge in [-0.3, -0.25) is 4.79 Å². The van der Waals surface area contributed by atoms with E-state index in [1.165, 1.54) is 6.42 Å². The second-order valence-corrected chi connectivity index (χ2v) is 11.9. The molecule has 5 rings (SSSR count). The lowest BCUT2D eigenvalue weighted by Gasteiger charge is -2.39. The third-order valence-electron chi connectivity index (χ3n) is 7.69. The number of likely N-dealkylation sites (tertiary alicyclic amines) is 1. The summed E-state index contributed by atoms with van der Waals surface area (Å²) in [5.74, 6) is 1.54. The summed E-state index contributed by atoms with van der Waals surface area (Å²) in [5.41, 5.74) is 2.19. The zero-order valence-corrected chi connectivity index (χ0v) is 21.8. The maximum Gasteiger partial charge on any atom is 0.317 e. The summed E-state index contributed by atoms with van der Waals surface area (Å²) in [6.07, 6.45) is 3.10. The quantitative estimate of drug-likeness (QED) is 0.658. The van der Waals surface area contributed by atoms with Gasteiger partial charge >= 0.3 is 6.03 Å². The molecule has 1 saturated carbocycles. The lowest BCUT2D eigenvalue weighted by molar-refractivity contribution is 0.0708. The first-order valence-electron chi connectivity index (χ1n) is 12.9. The normalized spacial score (nSPS) is 25.8. The number of nitrogens with zero attached hydrogens (tertiary/aromatic N) is 2. The van der Waals surface area contributed by atoms with Gasteiger partial charge in [0.2, 0.25) is 0 Å². The van der Waals surface area contributed by atoms with E-state index in [4.69, 9.17) is 9.47 Å². The van der Waals surface area contributed by atoms with Crippen LogP contribution in [0.3, 0.4) is 0 Å².